The van der Waals surface area contributed by atoms with Crippen molar-refractivity contribution in [3.05, 3.63) is 0 Å². The van der Waals surface area contributed by atoms with E-state index in [0.29, 0.717) is 6.54 Å². The van der Waals surface area contributed by atoms with Crippen molar-refractivity contribution < 1.29 is 19.8 Å². The fraction of sp³-hybridized carbons (Fsp3) is 0.846. The van der Waals surface area contributed by atoms with E-state index in [1.807, 2.05) is 20.8 Å². The van der Waals surface area contributed by atoms with Crippen LogP contribution < -0.4 is 5.32 Å². The second-order valence-corrected chi connectivity index (χ2v) is 5.84. The Bertz CT molecular complexity index is 327. The average molecular weight is 257 g/mol. The van der Waals surface area contributed by atoms with Gasteiger partial charge in [0.05, 0.1) is 11.8 Å². The first-order valence-electron chi connectivity index (χ1n) is 6.43. The minimum Gasteiger partial charge on any atom is -0.481 e. The fourth-order valence-corrected chi connectivity index (χ4v) is 2.45. The van der Waals surface area contributed by atoms with Crippen molar-refractivity contribution in [2.45, 2.75) is 33.6 Å². The molecule has 1 fully saturated rings. The Morgan fingerprint density at radius 3 is 2.39 bits per heavy atom. The molecular weight excluding hydrogens is 234 g/mol. The van der Waals surface area contributed by atoms with Crippen molar-refractivity contribution in [3.8, 4) is 0 Å². The van der Waals surface area contributed by atoms with Crippen molar-refractivity contribution in [1.29, 1.82) is 0 Å². The zero-order valence-corrected chi connectivity index (χ0v) is 11.3. The van der Waals surface area contributed by atoms with Gasteiger partial charge in [-0.25, -0.2) is 0 Å². The van der Waals surface area contributed by atoms with E-state index in [1.165, 1.54) is 0 Å². The molecule has 5 nitrogen and oxygen atoms in total. The number of hydrogen-bond donors (Lipinski definition) is 3. The molecule has 0 aromatic heterocycles. The Hall–Kier alpha value is -1.10. The molecule has 104 valence electrons. The number of carbonyl (C=O) groups is 2. The molecule has 1 saturated carbocycles. The molecule has 3 N–H and O–H groups in total. The van der Waals surface area contributed by atoms with E-state index in [0.717, 1.165) is 12.8 Å². The molecule has 1 rings (SSSR count). The lowest BCUT2D eigenvalue weighted by Crippen LogP contribution is -2.28. The average Bonchev–Trinajstić information content (AvgIpc) is 2.87. The summed E-state index contributed by atoms with van der Waals surface area (Å²) in [7, 11) is 0. The van der Waals surface area contributed by atoms with Gasteiger partial charge in [0, 0.05) is 13.2 Å². The highest BCUT2D eigenvalue weighted by molar-refractivity contribution is 5.91. The molecule has 3 atom stereocenters. The number of rotatable bonds is 7. The van der Waals surface area contributed by atoms with Crippen LogP contribution in [0.4, 0.5) is 0 Å². The van der Waals surface area contributed by atoms with Gasteiger partial charge in [-0.15, -0.1) is 0 Å². The van der Waals surface area contributed by atoms with E-state index >= 15 is 0 Å². The van der Waals surface area contributed by atoms with Crippen LogP contribution in [0.15, 0.2) is 0 Å². The molecule has 0 heterocycles. The SMILES string of the molecule is CC(CO)CCCNC(=O)[C@H]1[C@@H](C(=O)O)C1(C)C. The highest BCUT2D eigenvalue weighted by Crippen LogP contribution is 2.58. The normalized spacial score (nSPS) is 26.4. The summed E-state index contributed by atoms with van der Waals surface area (Å²) in [6.45, 7) is 6.27. The number of nitrogens with one attached hydrogen (secondary N) is 1. The van der Waals surface area contributed by atoms with Crippen LogP contribution in [0.25, 0.3) is 0 Å². The molecule has 1 aliphatic carbocycles. The van der Waals surface area contributed by atoms with E-state index < -0.39 is 23.2 Å². The van der Waals surface area contributed by atoms with Gasteiger partial charge in [-0.3, -0.25) is 9.59 Å². The highest BCUT2D eigenvalue weighted by Gasteiger charge is 2.65. The Labute approximate surface area is 108 Å². The zero-order valence-electron chi connectivity index (χ0n) is 11.3. The summed E-state index contributed by atoms with van der Waals surface area (Å²) in [6.07, 6.45) is 1.66. The third-order valence-corrected chi connectivity index (χ3v) is 3.86. The van der Waals surface area contributed by atoms with Crippen molar-refractivity contribution in [2.24, 2.45) is 23.2 Å². The lowest BCUT2D eigenvalue weighted by atomic mass is 10.1. The molecule has 0 aromatic rings. The fourth-order valence-electron chi connectivity index (χ4n) is 2.45. The third kappa shape index (κ3) is 3.22. The molecule has 0 aromatic carbocycles. The van der Waals surface area contributed by atoms with Crippen LogP contribution in [0.5, 0.6) is 0 Å². The van der Waals surface area contributed by atoms with Crippen molar-refractivity contribution >= 4 is 11.9 Å². The van der Waals surface area contributed by atoms with Crippen LogP contribution in [0.3, 0.4) is 0 Å². The lowest BCUT2D eigenvalue weighted by molar-refractivity contribution is -0.140. The van der Waals surface area contributed by atoms with Gasteiger partial charge in [-0.1, -0.05) is 20.8 Å². The minimum absolute atomic E-state index is 0.157. The maximum Gasteiger partial charge on any atom is 0.307 e. The molecule has 0 saturated heterocycles. The van der Waals surface area contributed by atoms with Gasteiger partial charge < -0.3 is 15.5 Å². The summed E-state index contributed by atoms with van der Waals surface area (Å²) in [5.74, 6) is -1.79. The Balaban J connectivity index is 2.29. The summed E-state index contributed by atoms with van der Waals surface area (Å²) in [4.78, 5) is 22.8. The summed E-state index contributed by atoms with van der Waals surface area (Å²) < 4.78 is 0. The van der Waals surface area contributed by atoms with Crippen LogP contribution in [-0.2, 0) is 9.59 Å². The van der Waals surface area contributed by atoms with Crippen molar-refractivity contribution in [2.75, 3.05) is 13.2 Å². The number of amides is 1. The summed E-state index contributed by atoms with van der Waals surface area (Å²) in [5.41, 5.74) is -0.436. The number of aliphatic carboxylic acids is 1. The second kappa shape index (κ2) is 5.69. The molecule has 1 unspecified atom stereocenters. The molecule has 18 heavy (non-hydrogen) atoms. The summed E-state index contributed by atoms with van der Waals surface area (Å²) in [6, 6.07) is 0. The summed E-state index contributed by atoms with van der Waals surface area (Å²) in [5, 5.41) is 20.6. The molecule has 0 bridgehead atoms. The van der Waals surface area contributed by atoms with E-state index in [1.54, 1.807) is 0 Å². The first-order chi connectivity index (χ1) is 8.32. The van der Waals surface area contributed by atoms with Crippen LogP contribution >= 0.6 is 0 Å². The monoisotopic (exact) mass is 257 g/mol. The van der Waals surface area contributed by atoms with E-state index in [9.17, 15) is 9.59 Å². The molecular formula is C13H23NO4. The largest absolute Gasteiger partial charge is 0.481 e. The molecule has 5 heteroatoms. The van der Waals surface area contributed by atoms with E-state index in [4.69, 9.17) is 10.2 Å². The zero-order chi connectivity index (χ0) is 13.9. The van der Waals surface area contributed by atoms with Crippen LogP contribution in [0.2, 0.25) is 0 Å². The van der Waals surface area contributed by atoms with Gasteiger partial charge in [0.15, 0.2) is 0 Å². The molecule has 0 spiro atoms. The van der Waals surface area contributed by atoms with Crippen LogP contribution in [0, 0.1) is 23.2 Å². The Kier molecular flexibility index (Phi) is 4.73. The standard InChI is InChI=1S/C13H23NO4/c1-8(7-15)5-4-6-14-11(16)9-10(12(17)18)13(9,2)3/h8-10,15H,4-7H2,1-3H3,(H,14,16)(H,17,18)/t8?,9-,10+/m1/s1. The maximum absolute atomic E-state index is 11.8. The van der Waals surface area contributed by atoms with Gasteiger partial charge in [-0.05, 0) is 24.2 Å². The Morgan fingerprint density at radius 1 is 1.33 bits per heavy atom. The van der Waals surface area contributed by atoms with E-state index in [-0.39, 0.29) is 18.4 Å². The second-order valence-electron chi connectivity index (χ2n) is 5.84. The van der Waals surface area contributed by atoms with Gasteiger partial charge in [0.1, 0.15) is 0 Å². The number of carbonyl (C=O) groups excluding carboxylic acids is 1. The topological polar surface area (TPSA) is 86.6 Å². The quantitative estimate of drug-likeness (QED) is 0.591. The van der Waals surface area contributed by atoms with Crippen molar-refractivity contribution in [3.63, 3.8) is 0 Å². The number of carboxylic acids is 1. The minimum atomic E-state index is -0.894. The number of aliphatic hydroxyl groups is 1. The van der Waals surface area contributed by atoms with Gasteiger partial charge >= 0.3 is 5.97 Å². The van der Waals surface area contributed by atoms with Crippen LogP contribution in [0.1, 0.15) is 33.6 Å². The number of hydrogen-bond acceptors (Lipinski definition) is 3. The first kappa shape index (κ1) is 15.0. The first-order valence-corrected chi connectivity index (χ1v) is 6.43. The Morgan fingerprint density at radius 2 is 1.94 bits per heavy atom. The van der Waals surface area contributed by atoms with Gasteiger partial charge in [0.25, 0.3) is 0 Å². The lowest BCUT2D eigenvalue weighted by Gasteiger charge is -2.08. The smallest absolute Gasteiger partial charge is 0.307 e. The predicted molar refractivity (Wildman–Crippen MR) is 66.9 cm³/mol. The van der Waals surface area contributed by atoms with Crippen LogP contribution in [-0.4, -0.2) is 35.2 Å². The maximum atomic E-state index is 11.8. The van der Waals surface area contributed by atoms with E-state index in [2.05, 4.69) is 5.32 Å². The highest BCUT2D eigenvalue weighted by atomic mass is 16.4. The molecule has 0 aliphatic heterocycles. The number of aliphatic hydroxyl groups excluding tert-OH is 1. The van der Waals surface area contributed by atoms with Gasteiger partial charge in [0.2, 0.25) is 5.91 Å². The predicted octanol–water partition coefficient (Wildman–Crippen LogP) is 0.868. The van der Waals surface area contributed by atoms with Crippen molar-refractivity contribution in [1.82, 2.24) is 5.32 Å². The molecule has 0 radical (unpaired) electrons. The van der Waals surface area contributed by atoms with Gasteiger partial charge in [-0.2, -0.15) is 0 Å². The molecule has 1 aliphatic rings. The number of carboxylic acid groups (broad SMARTS) is 1. The third-order valence-electron chi connectivity index (χ3n) is 3.86. The summed E-state index contributed by atoms with van der Waals surface area (Å²) >= 11 is 0. The molecule has 1 amide bonds.